The molecule has 2 rings (SSSR count). The number of nitrogens with zero attached hydrogens (tertiary/aromatic N) is 2. The largest absolute Gasteiger partial charge is 0.444 e. The van der Waals surface area contributed by atoms with Crippen molar-refractivity contribution in [3.8, 4) is 0 Å². The Balaban J connectivity index is 1.93. The zero-order valence-electron chi connectivity index (χ0n) is 14.7. The van der Waals surface area contributed by atoms with Crippen LogP contribution >= 0.6 is 0 Å². The fourth-order valence-electron chi connectivity index (χ4n) is 3.13. The van der Waals surface area contributed by atoms with Crippen molar-refractivity contribution in [2.75, 3.05) is 13.1 Å². The van der Waals surface area contributed by atoms with Crippen LogP contribution in [0.2, 0.25) is 0 Å². The number of hydrazine groups is 1. The maximum atomic E-state index is 12.1. The van der Waals surface area contributed by atoms with Crippen LogP contribution in [0, 0.1) is 5.92 Å². The lowest BCUT2D eigenvalue weighted by molar-refractivity contribution is -0.119. The Morgan fingerprint density at radius 2 is 1.91 bits per heavy atom. The quantitative estimate of drug-likeness (QED) is 0.666. The fraction of sp³-hybridized carbons (Fsp3) is 0.812. The van der Waals surface area contributed by atoms with Crippen molar-refractivity contribution in [2.24, 2.45) is 10.9 Å². The van der Waals surface area contributed by atoms with Crippen LogP contribution in [-0.2, 0) is 9.53 Å². The second-order valence-electron chi connectivity index (χ2n) is 7.60. The van der Waals surface area contributed by atoms with Gasteiger partial charge in [0.15, 0.2) is 0 Å². The van der Waals surface area contributed by atoms with Gasteiger partial charge in [0, 0.05) is 25.9 Å². The highest BCUT2D eigenvalue weighted by Gasteiger charge is 2.42. The van der Waals surface area contributed by atoms with E-state index in [1.165, 1.54) is 6.92 Å². The summed E-state index contributed by atoms with van der Waals surface area (Å²) in [5, 5.41) is 0. The zero-order chi connectivity index (χ0) is 17.3. The Kier molecular flexibility index (Phi) is 4.87. The van der Waals surface area contributed by atoms with E-state index in [4.69, 9.17) is 9.73 Å². The molecular formula is C16H28N4O3. The van der Waals surface area contributed by atoms with Crippen molar-refractivity contribution < 1.29 is 14.3 Å². The molecular weight excluding hydrogens is 296 g/mol. The average Bonchev–Trinajstić information content (AvgIpc) is 2.71. The Hall–Kier alpha value is -1.79. The Bertz CT molecular complexity index is 502. The van der Waals surface area contributed by atoms with Gasteiger partial charge in [0.1, 0.15) is 11.4 Å². The van der Waals surface area contributed by atoms with Gasteiger partial charge >= 0.3 is 6.09 Å². The first-order chi connectivity index (χ1) is 10.6. The van der Waals surface area contributed by atoms with Crippen LogP contribution in [0.15, 0.2) is 4.99 Å². The molecule has 0 aromatic carbocycles. The molecule has 1 fully saturated rings. The second kappa shape index (κ2) is 6.37. The average molecular weight is 324 g/mol. The normalized spacial score (nSPS) is 23.4. The van der Waals surface area contributed by atoms with E-state index in [1.807, 2.05) is 20.8 Å². The molecule has 7 heteroatoms. The topological polar surface area (TPSA) is 83.0 Å². The summed E-state index contributed by atoms with van der Waals surface area (Å²) in [7, 11) is 0. The number of piperidine rings is 1. The van der Waals surface area contributed by atoms with Crippen molar-refractivity contribution >= 4 is 17.8 Å². The molecule has 23 heavy (non-hydrogen) atoms. The highest BCUT2D eigenvalue weighted by molar-refractivity contribution is 5.88. The summed E-state index contributed by atoms with van der Waals surface area (Å²) in [6, 6.07) is 0. The summed E-state index contributed by atoms with van der Waals surface area (Å²) in [6.07, 6.45) is 2.33. The first-order valence-corrected chi connectivity index (χ1v) is 8.20. The summed E-state index contributed by atoms with van der Waals surface area (Å²) < 4.78 is 5.43. The number of hydrogen-bond donors (Lipinski definition) is 2. The maximum Gasteiger partial charge on any atom is 0.410 e. The van der Waals surface area contributed by atoms with Crippen LogP contribution in [0.3, 0.4) is 0 Å². The molecule has 0 saturated carbocycles. The van der Waals surface area contributed by atoms with Gasteiger partial charge < -0.3 is 9.64 Å². The predicted octanol–water partition coefficient (Wildman–Crippen LogP) is 1.84. The van der Waals surface area contributed by atoms with Crippen molar-refractivity contribution in [2.45, 2.75) is 65.0 Å². The van der Waals surface area contributed by atoms with E-state index in [1.54, 1.807) is 4.90 Å². The molecule has 0 aliphatic carbocycles. The molecule has 7 nitrogen and oxygen atoms in total. The minimum atomic E-state index is -0.471. The van der Waals surface area contributed by atoms with E-state index in [0.29, 0.717) is 13.1 Å². The number of amidine groups is 1. The van der Waals surface area contributed by atoms with Crippen LogP contribution in [0.5, 0.6) is 0 Å². The number of nitrogens with one attached hydrogen (secondary N) is 2. The number of carbonyl (C=O) groups is 2. The molecule has 0 aromatic heterocycles. The van der Waals surface area contributed by atoms with Crippen LogP contribution in [0.25, 0.3) is 0 Å². The van der Waals surface area contributed by atoms with Gasteiger partial charge in [0.05, 0.1) is 5.54 Å². The molecule has 0 radical (unpaired) electrons. The molecule has 2 amide bonds. The van der Waals surface area contributed by atoms with Crippen LogP contribution in [0.1, 0.15) is 53.9 Å². The number of ether oxygens (including phenoxy) is 1. The maximum absolute atomic E-state index is 12.1. The highest BCUT2D eigenvalue weighted by atomic mass is 16.6. The molecule has 2 heterocycles. The Labute approximate surface area is 137 Å². The molecule has 1 unspecified atom stereocenters. The number of rotatable bonds is 0. The molecule has 130 valence electrons. The van der Waals surface area contributed by atoms with E-state index in [2.05, 4.69) is 17.8 Å². The molecule has 1 saturated heterocycles. The summed E-state index contributed by atoms with van der Waals surface area (Å²) in [6.45, 7) is 10.5. The predicted molar refractivity (Wildman–Crippen MR) is 87.9 cm³/mol. The third kappa shape index (κ3) is 4.59. The van der Waals surface area contributed by atoms with Gasteiger partial charge in [-0.05, 0) is 40.0 Å². The number of likely N-dealkylation sites (tertiary alicyclic amines) is 1. The molecule has 2 N–H and O–H groups in total. The number of amides is 2. The Morgan fingerprint density at radius 3 is 2.43 bits per heavy atom. The monoisotopic (exact) mass is 324 g/mol. The summed E-state index contributed by atoms with van der Waals surface area (Å²) >= 11 is 0. The smallest absolute Gasteiger partial charge is 0.410 e. The van der Waals surface area contributed by atoms with E-state index in [-0.39, 0.29) is 23.5 Å². The minimum absolute atomic E-state index is 0.126. The van der Waals surface area contributed by atoms with Gasteiger partial charge in [0.2, 0.25) is 5.91 Å². The molecule has 1 atom stereocenters. The minimum Gasteiger partial charge on any atom is -0.444 e. The fourth-order valence-corrected chi connectivity index (χ4v) is 3.13. The molecule has 0 bridgehead atoms. The van der Waals surface area contributed by atoms with Crippen molar-refractivity contribution in [1.29, 1.82) is 0 Å². The summed E-state index contributed by atoms with van der Waals surface area (Å²) in [4.78, 5) is 29.7. The van der Waals surface area contributed by atoms with Crippen LogP contribution in [0.4, 0.5) is 4.79 Å². The molecule has 2 aliphatic heterocycles. The lowest BCUT2D eigenvalue weighted by atomic mass is 9.83. The van der Waals surface area contributed by atoms with Gasteiger partial charge in [-0.15, -0.1) is 0 Å². The van der Waals surface area contributed by atoms with Crippen molar-refractivity contribution in [3.63, 3.8) is 0 Å². The highest BCUT2D eigenvalue weighted by Crippen LogP contribution is 2.38. The van der Waals surface area contributed by atoms with E-state index < -0.39 is 5.60 Å². The summed E-state index contributed by atoms with van der Waals surface area (Å²) in [5.74, 6) is 0.960. The van der Waals surface area contributed by atoms with Crippen molar-refractivity contribution in [1.82, 2.24) is 15.8 Å². The van der Waals surface area contributed by atoms with Gasteiger partial charge in [-0.25, -0.2) is 4.79 Å². The zero-order valence-corrected chi connectivity index (χ0v) is 14.7. The van der Waals surface area contributed by atoms with Gasteiger partial charge in [-0.3, -0.25) is 20.6 Å². The van der Waals surface area contributed by atoms with Gasteiger partial charge in [0.25, 0.3) is 0 Å². The number of aliphatic imine (C=N–C) groups is 1. The second-order valence-corrected chi connectivity index (χ2v) is 7.60. The summed E-state index contributed by atoms with van der Waals surface area (Å²) in [5.41, 5.74) is 4.90. The standard InChI is InChI=1S/C16H28N4O3/c1-11-10-16(17-13(11)19-18-12(2)21)6-8-20(9-7-16)14(22)23-15(3,4)5/h11H,6-10H2,1-5H3,(H,17,19)(H,18,21). The lowest BCUT2D eigenvalue weighted by Crippen LogP contribution is -2.46. The van der Waals surface area contributed by atoms with Crippen LogP contribution < -0.4 is 10.9 Å². The third-order valence-electron chi connectivity index (χ3n) is 4.22. The van der Waals surface area contributed by atoms with E-state index >= 15 is 0 Å². The molecule has 1 spiro atoms. The number of hydrogen-bond acceptors (Lipinski definition) is 5. The SMILES string of the molecule is CC(=O)NNC1=NC2(CCN(C(=O)OC(C)(C)C)CC2)CC1C. The molecule has 0 aromatic rings. The van der Waals surface area contributed by atoms with E-state index in [0.717, 1.165) is 25.1 Å². The Morgan fingerprint density at radius 1 is 1.30 bits per heavy atom. The van der Waals surface area contributed by atoms with E-state index in [9.17, 15) is 9.59 Å². The first kappa shape index (κ1) is 17.6. The molecule has 2 aliphatic rings. The van der Waals surface area contributed by atoms with Gasteiger partial charge in [-0.2, -0.15) is 0 Å². The van der Waals surface area contributed by atoms with Crippen LogP contribution in [-0.4, -0.2) is 47.0 Å². The number of carbonyl (C=O) groups excluding carboxylic acids is 2. The first-order valence-electron chi connectivity index (χ1n) is 8.20. The van der Waals surface area contributed by atoms with Crippen molar-refractivity contribution in [3.05, 3.63) is 0 Å². The third-order valence-corrected chi connectivity index (χ3v) is 4.22. The lowest BCUT2D eigenvalue weighted by Gasteiger charge is -2.38. The van der Waals surface area contributed by atoms with Gasteiger partial charge in [-0.1, -0.05) is 6.92 Å².